The molecule has 0 saturated carbocycles. The number of aryl methyl sites for hydroxylation is 1. The summed E-state index contributed by atoms with van der Waals surface area (Å²) in [6.07, 6.45) is 2.01. The Kier molecular flexibility index (Phi) is 11.7. The number of aromatic nitrogens is 1. The lowest BCUT2D eigenvalue weighted by molar-refractivity contribution is 0.0829. The molecule has 1 aromatic heterocycles. The summed E-state index contributed by atoms with van der Waals surface area (Å²) < 4.78 is 58.1. The fourth-order valence-electron chi connectivity index (χ4n) is 4.28. The van der Waals surface area contributed by atoms with E-state index >= 15 is 0 Å². The molecule has 222 valence electrons. The molecule has 1 heterocycles. The van der Waals surface area contributed by atoms with E-state index in [4.69, 9.17) is 4.74 Å². The van der Waals surface area contributed by atoms with Gasteiger partial charge in [-0.3, -0.25) is 9.10 Å². The van der Waals surface area contributed by atoms with Gasteiger partial charge in [0, 0.05) is 32.5 Å². The maximum atomic E-state index is 13.9. The number of nitrogens with zero attached hydrogens (tertiary/aromatic N) is 2. The zero-order valence-electron chi connectivity index (χ0n) is 23.3. The Hall–Kier alpha value is -3.45. The fourth-order valence-corrected chi connectivity index (χ4v) is 5.13. The average molecular weight is 591 g/mol. The van der Waals surface area contributed by atoms with Gasteiger partial charge in [0.2, 0.25) is 10.0 Å². The van der Waals surface area contributed by atoms with Gasteiger partial charge in [-0.05, 0) is 53.8 Å². The highest BCUT2D eigenvalue weighted by Gasteiger charge is 2.24. The maximum absolute atomic E-state index is 13.9. The summed E-state index contributed by atoms with van der Waals surface area (Å²) >= 11 is 0. The van der Waals surface area contributed by atoms with E-state index in [0.29, 0.717) is 6.54 Å². The van der Waals surface area contributed by atoms with Crippen LogP contribution in [0.5, 0.6) is 0 Å². The molecule has 0 aliphatic rings. The standard InChI is InChI=1S/C29H36F2N4O5S/c1-4-20-6-5-7-21(12-20)17-32-19-27(36)26(15-22-13-24(30)16-25(31)14-22)34-29(37)23-8-9-28(33-18-23)35(10-11-40-2)41(3,38)39/h5-9,12-14,16,18,26-27,32,36H,4,10-11,15,17,19H2,1-3H3,(H,34,37). The number of hydrogen-bond donors (Lipinski definition) is 3. The van der Waals surface area contributed by atoms with Crippen molar-refractivity contribution in [1.82, 2.24) is 15.6 Å². The van der Waals surface area contributed by atoms with E-state index in [1.807, 2.05) is 18.2 Å². The third kappa shape index (κ3) is 9.85. The number of methoxy groups -OCH3 is 1. The lowest BCUT2D eigenvalue weighted by atomic mass is 10.00. The lowest BCUT2D eigenvalue weighted by Crippen LogP contribution is -2.48. The number of halogens is 2. The van der Waals surface area contributed by atoms with Crippen molar-refractivity contribution in [2.75, 3.05) is 37.4 Å². The molecule has 3 rings (SSSR count). The molecule has 3 N–H and O–H groups in total. The number of sulfonamides is 1. The quantitative estimate of drug-likeness (QED) is 0.249. The van der Waals surface area contributed by atoms with Gasteiger partial charge in [0.1, 0.15) is 17.5 Å². The summed E-state index contributed by atoms with van der Waals surface area (Å²) in [6.45, 7) is 2.83. The molecule has 0 aliphatic carbocycles. The second-order valence-corrected chi connectivity index (χ2v) is 11.6. The number of carbonyl (C=O) groups excluding carboxylic acids is 1. The molecule has 0 saturated heterocycles. The monoisotopic (exact) mass is 590 g/mol. The molecule has 9 nitrogen and oxygen atoms in total. The summed E-state index contributed by atoms with van der Waals surface area (Å²) in [7, 11) is -2.19. The van der Waals surface area contributed by atoms with Gasteiger partial charge in [0.15, 0.2) is 0 Å². The van der Waals surface area contributed by atoms with Crippen LogP contribution in [-0.4, -0.2) is 69.6 Å². The van der Waals surface area contributed by atoms with Crippen molar-refractivity contribution < 1.29 is 31.8 Å². The normalized spacial score (nSPS) is 13.0. The van der Waals surface area contributed by atoms with Crippen molar-refractivity contribution in [3.05, 3.63) is 94.7 Å². The molecule has 1 amide bonds. The molecule has 2 aromatic carbocycles. The molecular weight excluding hydrogens is 554 g/mol. The van der Waals surface area contributed by atoms with Gasteiger partial charge in [-0.15, -0.1) is 0 Å². The minimum Gasteiger partial charge on any atom is -0.390 e. The Morgan fingerprint density at radius 1 is 1.07 bits per heavy atom. The molecular formula is C29H36F2N4O5S. The summed E-state index contributed by atoms with van der Waals surface area (Å²) in [5.74, 6) is -2.01. The number of rotatable bonds is 15. The van der Waals surface area contributed by atoms with E-state index < -0.39 is 39.7 Å². The predicted octanol–water partition coefficient (Wildman–Crippen LogP) is 2.83. The number of hydrogen-bond acceptors (Lipinski definition) is 7. The van der Waals surface area contributed by atoms with Gasteiger partial charge >= 0.3 is 0 Å². The number of benzene rings is 2. The highest BCUT2D eigenvalue weighted by molar-refractivity contribution is 7.92. The van der Waals surface area contributed by atoms with Crippen LogP contribution in [0.2, 0.25) is 0 Å². The first-order valence-electron chi connectivity index (χ1n) is 13.1. The third-order valence-electron chi connectivity index (χ3n) is 6.41. The summed E-state index contributed by atoms with van der Waals surface area (Å²) in [5, 5.41) is 16.9. The van der Waals surface area contributed by atoms with E-state index in [-0.39, 0.29) is 43.1 Å². The van der Waals surface area contributed by atoms with Crippen LogP contribution in [0.15, 0.2) is 60.8 Å². The van der Waals surface area contributed by atoms with Crippen LogP contribution in [0.3, 0.4) is 0 Å². The van der Waals surface area contributed by atoms with Crippen LogP contribution >= 0.6 is 0 Å². The van der Waals surface area contributed by atoms with Crippen LogP contribution in [0.1, 0.15) is 34.0 Å². The minimum atomic E-state index is -3.64. The van der Waals surface area contributed by atoms with Crippen molar-refractivity contribution in [3.8, 4) is 0 Å². The molecule has 3 aromatic rings. The molecule has 0 radical (unpaired) electrons. The number of aliphatic hydroxyl groups excluding tert-OH is 1. The zero-order valence-corrected chi connectivity index (χ0v) is 24.1. The SMILES string of the molecule is CCc1cccc(CNCC(O)C(Cc2cc(F)cc(F)c2)NC(=O)c2ccc(N(CCOC)S(C)(=O)=O)nc2)c1. The van der Waals surface area contributed by atoms with Gasteiger partial charge < -0.3 is 20.5 Å². The van der Waals surface area contributed by atoms with Gasteiger partial charge in [0.25, 0.3) is 5.91 Å². The van der Waals surface area contributed by atoms with Gasteiger partial charge in [-0.25, -0.2) is 22.2 Å². The number of amides is 1. The molecule has 0 fully saturated rings. The first kappa shape index (κ1) is 32.1. The van der Waals surface area contributed by atoms with Crippen molar-refractivity contribution >= 4 is 21.7 Å². The van der Waals surface area contributed by atoms with Crippen molar-refractivity contribution in [2.45, 2.75) is 38.5 Å². The summed E-state index contributed by atoms with van der Waals surface area (Å²) in [5.41, 5.74) is 2.59. The van der Waals surface area contributed by atoms with E-state index in [2.05, 4.69) is 28.6 Å². The second-order valence-electron chi connectivity index (χ2n) is 9.67. The van der Waals surface area contributed by atoms with Crippen LogP contribution in [-0.2, 0) is 34.1 Å². The topological polar surface area (TPSA) is 121 Å². The smallest absolute Gasteiger partial charge is 0.253 e. The number of aliphatic hydroxyl groups is 1. The Morgan fingerprint density at radius 2 is 1.78 bits per heavy atom. The highest BCUT2D eigenvalue weighted by atomic mass is 32.2. The summed E-state index contributed by atoms with van der Waals surface area (Å²) in [6, 6.07) is 12.9. The van der Waals surface area contributed by atoms with E-state index in [1.54, 1.807) is 0 Å². The van der Waals surface area contributed by atoms with Crippen LogP contribution < -0.4 is 14.9 Å². The third-order valence-corrected chi connectivity index (χ3v) is 7.58. The average Bonchev–Trinajstić information content (AvgIpc) is 2.92. The number of pyridine rings is 1. The number of carbonyl (C=O) groups is 1. The fraction of sp³-hybridized carbons (Fsp3) is 0.379. The first-order chi connectivity index (χ1) is 19.5. The molecule has 2 unspecified atom stereocenters. The molecule has 12 heteroatoms. The van der Waals surface area contributed by atoms with E-state index in [1.165, 1.54) is 31.0 Å². The van der Waals surface area contributed by atoms with E-state index in [0.717, 1.165) is 40.7 Å². The van der Waals surface area contributed by atoms with E-state index in [9.17, 15) is 27.1 Å². The van der Waals surface area contributed by atoms with Crippen LogP contribution in [0, 0.1) is 11.6 Å². The van der Waals surface area contributed by atoms with Crippen LogP contribution in [0.25, 0.3) is 0 Å². The summed E-state index contributed by atoms with van der Waals surface area (Å²) in [4.78, 5) is 17.2. The Balaban J connectivity index is 1.75. The number of nitrogens with one attached hydrogen (secondary N) is 2. The molecule has 41 heavy (non-hydrogen) atoms. The van der Waals surface area contributed by atoms with Gasteiger partial charge in [0.05, 0.1) is 37.1 Å². The number of anilines is 1. The van der Waals surface area contributed by atoms with Crippen molar-refractivity contribution in [3.63, 3.8) is 0 Å². The first-order valence-corrected chi connectivity index (χ1v) is 15.0. The second kappa shape index (κ2) is 15.0. The lowest BCUT2D eigenvalue weighted by Gasteiger charge is -2.25. The predicted molar refractivity (Wildman–Crippen MR) is 153 cm³/mol. The Morgan fingerprint density at radius 3 is 2.39 bits per heavy atom. The molecule has 0 spiro atoms. The van der Waals surface area contributed by atoms with Crippen molar-refractivity contribution in [1.29, 1.82) is 0 Å². The highest BCUT2D eigenvalue weighted by Crippen LogP contribution is 2.16. The van der Waals surface area contributed by atoms with Gasteiger partial charge in [-0.2, -0.15) is 0 Å². The van der Waals surface area contributed by atoms with Crippen molar-refractivity contribution in [2.24, 2.45) is 0 Å². The number of ether oxygens (including phenoxy) is 1. The maximum Gasteiger partial charge on any atom is 0.253 e. The molecule has 0 bridgehead atoms. The Bertz CT molecular complexity index is 1390. The largest absolute Gasteiger partial charge is 0.390 e. The Labute approximate surface area is 239 Å². The van der Waals surface area contributed by atoms with Crippen LogP contribution in [0.4, 0.5) is 14.6 Å². The molecule has 0 aliphatic heterocycles. The van der Waals surface area contributed by atoms with Gasteiger partial charge in [-0.1, -0.05) is 31.2 Å². The minimum absolute atomic E-state index is 0.0427. The zero-order chi connectivity index (χ0) is 30.0. The molecule has 2 atom stereocenters.